The van der Waals surface area contributed by atoms with Crippen LogP contribution in [-0.2, 0) is 24.2 Å². The minimum absolute atomic E-state index is 0.0797. The van der Waals surface area contributed by atoms with Crippen molar-refractivity contribution in [1.82, 2.24) is 0 Å². The molecule has 0 spiro atoms. The third kappa shape index (κ3) is 5.76. The van der Waals surface area contributed by atoms with Gasteiger partial charge in [-0.25, -0.2) is 19.4 Å². The lowest BCUT2D eigenvalue weighted by atomic mass is 10.3. The third-order valence-corrected chi connectivity index (χ3v) is 1.10. The fraction of sp³-hybridized carbons (Fsp3) is 0.375. The molecule has 0 bridgehead atoms. The van der Waals surface area contributed by atoms with Crippen molar-refractivity contribution in [2.45, 2.75) is 19.8 Å². The highest BCUT2D eigenvalue weighted by molar-refractivity contribution is 5.87. The van der Waals surface area contributed by atoms with Crippen molar-refractivity contribution in [2.24, 2.45) is 0 Å². The monoisotopic (exact) mass is 202 g/mol. The number of hydrogen-bond donors (Lipinski definition) is 1. The maximum atomic E-state index is 10.7. The number of rotatable bonds is 4. The van der Waals surface area contributed by atoms with Gasteiger partial charge in [0.2, 0.25) is 0 Å². The molecule has 0 aromatic rings. The Labute approximate surface area is 80.0 Å². The summed E-state index contributed by atoms with van der Waals surface area (Å²) in [7, 11) is 0. The summed E-state index contributed by atoms with van der Waals surface area (Å²) in [4.78, 5) is 39.4. The van der Waals surface area contributed by atoms with E-state index in [2.05, 4.69) is 16.4 Å². The van der Waals surface area contributed by atoms with Crippen LogP contribution in [0.2, 0.25) is 0 Å². The zero-order valence-electron chi connectivity index (χ0n) is 7.61. The summed E-state index contributed by atoms with van der Waals surface area (Å²) >= 11 is 0. The average molecular weight is 202 g/mol. The average Bonchev–Trinajstić information content (AvgIpc) is 2.10. The summed E-state index contributed by atoms with van der Waals surface area (Å²) in [5.41, 5.74) is 0.0797. The third-order valence-electron chi connectivity index (χ3n) is 1.10. The second-order valence-electron chi connectivity index (χ2n) is 2.50. The Balaban J connectivity index is 3.69. The molecule has 0 atom stereocenters. The molecule has 0 saturated carbocycles. The quantitative estimate of drug-likeness (QED) is 0.404. The first-order valence-corrected chi connectivity index (χ1v) is 3.72. The molecule has 0 fully saturated rings. The predicted molar refractivity (Wildman–Crippen MR) is 43.9 cm³/mol. The molecule has 1 N–H and O–H groups in total. The van der Waals surface area contributed by atoms with E-state index in [0.29, 0.717) is 0 Å². The SMILES string of the molecule is C=C(C)C(=O)OOC(=O)CCC(=O)O. The summed E-state index contributed by atoms with van der Waals surface area (Å²) in [5.74, 6) is -2.91. The van der Waals surface area contributed by atoms with E-state index in [0.717, 1.165) is 0 Å². The van der Waals surface area contributed by atoms with Crippen LogP contribution >= 0.6 is 0 Å². The highest BCUT2D eigenvalue weighted by atomic mass is 17.2. The van der Waals surface area contributed by atoms with E-state index in [4.69, 9.17) is 5.11 Å². The van der Waals surface area contributed by atoms with E-state index in [1.807, 2.05) is 0 Å². The molecule has 78 valence electrons. The molecule has 0 aromatic heterocycles. The summed E-state index contributed by atoms with van der Waals surface area (Å²) < 4.78 is 0. The second-order valence-corrected chi connectivity index (χ2v) is 2.50. The number of hydrogen-bond acceptors (Lipinski definition) is 5. The smallest absolute Gasteiger partial charge is 0.381 e. The van der Waals surface area contributed by atoms with Gasteiger partial charge in [0.1, 0.15) is 0 Å². The Morgan fingerprint density at radius 2 is 1.79 bits per heavy atom. The fourth-order valence-corrected chi connectivity index (χ4v) is 0.406. The van der Waals surface area contributed by atoms with Crippen molar-refractivity contribution >= 4 is 17.9 Å². The Morgan fingerprint density at radius 3 is 2.21 bits per heavy atom. The molecular weight excluding hydrogens is 192 g/mol. The van der Waals surface area contributed by atoms with Crippen molar-refractivity contribution < 1.29 is 29.3 Å². The van der Waals surface area contributed by atoms with Gasteiger partial charge in [0.15, 0.2) is 0 Å². The van der Waals surface area contributed by atoms with E-state index >= 15 is 0 Å². The molecule has 0 aromatic carbocycles. The Kier molecular flexibility index (Phi) is 4.98. The van der Waals surface area contributed by atoms with E-state index in [-0.39, 0.29) is 18.4 Å². The minimum Gasteiger partial charge on any atom is -0.481 e. The molecule has 0 radical (unpaired) electrons. The van der Waals surface area contributed by atoms with Gasteiger partial charge >= 0.3 is 17.9 Å². The zero-order chi connectivity index (χ0) is 11.1. The Hall–Kier alpha value is -1.85. The van der Waals surface area contributed by atoms with Crippen LogP contribution in [0.1, 0.15) is 19.8 Å². The number of carboxylic acids is 1. The van der Waals surface area contributed by atoms with Crippen molar-refractivity contribution in [2.75, 3.05) is 0 Å². The van der Waals surface area contributed by atoms with Crippen LogP contribution in [0.4, 0.5) is 0 Å². The van der Waals surface area contributed by atoms with Crippen LogP contribution in [0.5, 0.6) is 0 Å². The van der Waals surface area contributed by atoms with Crippen LogP contribution in [0, 0.1) is 0 Å². The van der Waals surface area contributed by atoms with Gasteiger partial charge < -0.3 is 5.11 Å². The van der Waals surface area contributed by atoms with Crippen molar-refractivity contribution in [3.63, 3.8) is 0 Å². The maximum absolute atomic E-state index is 10.7. The first-order chi connectivity index (χ1) is 6.43. The molecule has 0 unspecified atom stereocenters. The predicted octanol–water partition coefficient (Wildman–Crippen LogP) is 0.429. The number of carbonyl (C=O) groups excluding carboxylic acids is 2. The normalized spacial score (nSPS) is 8.93. The lowest BCUT2D eigenvalue weighted by Crippen LogP contribution is -2.12. The molecule has 0 aliphatic heterocycles. The first-order valence-electron chi connectivity index (χ1n) is 3.72. The van der Waals surface area contributed by atoms with Crippen LogP contribution < -0.4 is 0 Å². The molecular formula is C8H10O6. The fourth-order valence-electron chi connectivity index (χ4n) is 0.406. The molecule has 0 rings (SSSR count). The summed E-state index contributed by atoms with van der Waals surface area (Å²) in [6.45, 7) is 4.63. The van der Waals surface area contributed by atoms with Gasteiger partial charge in [0.05, 0.1) is 12.8 Å². The van der Waals surface area contributed by atoms with E-state index in [1.54, 1.807) is 0 Å². The molecule has 0 saturated heterocycles. The molecule has 0 heterocycles. The Bertz CT molecular complexity index is 267. The highest BCUT2D eigenvalue weighted by Crippen LogP contribution is 1.97. The molecule has 14 heavy (non-hydrogen) atoms. The largest absolute Gasteiger partial charge is 0.481 e. The van der Waals surface area contributed by atoms with E-state index < -0.39 is 17.9 Å². The van der Waals surface area contributed by atoms with E-state index in [9.17, 15) is 14.4 Å². The molecule has 6 nitrogen and oxygen atoms in total. The highest BCUT2D eigenvalue weighted by Gasteiger charge is 2.11. The molecule has 0 aliphatic carbocycles. The molecule has 6 heteroatoms. The first kappa shape index (κ1) is 12.2. The van der Waals surface area contributed by atoms with Crippen LogP contribution in [0.25, 0.3) is 0 Å². The molecule has 0 aliphatic rings. The van der Waals surface area contributed by atoms with Crippen LogP contribution in [0.15, 0.2) is 12.2 Å². The van der Waals surface area contributed by atoms with Crippen molar-refractivity contribution in [1.29, 1.82) is 0 Å². The van der Waals surface area contributed by atoms with Gasteiger partial charge in [-0.05, 0) is 6.92 Å². The van der Waals surface area contributed by atoms with Crippen LogP contribution in [0.3, 0.4) is 0 Å². The topological polar surface area (TPSA) is 89.9 Å². The van der Waals surface area contributed by atoms with Gasteiger partial charge in [0.25, 0.3) is 0 Å². The summed E-state index contributed by atoms with van der Waals surface area (Å²) in [6, 6.07) is 0. The van der Waals surface area contributed by atoms with Gasteiger partial charge in [-0.1, -0.05) is 6.58 Å². The van der Waals surface area contributed by atoms with Gasteiger partial charge in [-0.15, -0.1) is 0 Å². The Morgan fingerprint density at radius 1 is 1.21 bits per heavy atom. The maximum Gasteiger partial charge on any atom is 0.381 e. The second kappa shape index (κ2) is 5.74. The lowest BCUT2D eigenvalue weighted by molar-refractivity contribution is -0.255. The summed E-state index contributed by atoms with van der Waals surface area (Å²) in [6.07, 6.45) is -0.720. The van der Waals surface area contributed by atoms with Gasteiger partial charge in [-0.2, -0.15) is 0 Å². The van der Waals surface area contributed by atoms with Gasteiger partial charge in [0, 0.05) is 5.57 Å². The number of aliphatic carboxylic acids is 1. The van der Waals surface area contributed by atoms with Crippen molar-refractivity contribution in [3.05, 3.63) is 12.2 Å². The van der Waals surface area contributed by atoms with Gasteiger partial charge in [-0.3, -0.25) is 4.79 Å². The molecule has 0 amide bonds. The van der Waals surface area contributed by atoms with Crippen molar-refractivity contribution in [3.8, 4) is 0 Å². The van der Waals surface area contributed by atoms with Crippen LogP contribution in [-0.4, -0.2) is 23.0 Å². The minimum atomic E-state index is -1.13. The zero-order valence-corrected chi connectivity index (χ0v) is 7.61. The number of carbonyl (C=O) groups is 3. The lowest BCUT2D eigenvalue weighted by Gasteiger charge is -2.00. The van der Waals surface area contributed by atoms with E-state index in [1.165, 1.54) is 6.92 Å². The summed E-state index contributed by atoms with van der Waals surface area (Å²) in [5, 5.41) is 8.20. The standard InChI is InChI=1S/C8H10O6/c1-5(2)8(12)14-13-7(11)4-3-6(9)10/h1,3-4H2,2H3,(H,9,10). The number of carboxylic acid groups (broad SMARTS) is 1.